The molecule has 0 radical (unpaired) electrons. The van der Waals surface area contributed by atoms with Crippen LogP contribution in [0.3, 0.4) is 0 Å². The van der Waals surface area contributed by atoms with Gasteiger partial charge in [-0.3, -0.25) is 4.18 Å². The molecule has 0 amide bonds. The zero-order chi connectivity index (χ0) is 12.7. The fraction of sp³-hybridized carbons (Fsp3) is 0.455. The molecule has 0 heterocycles. The molecule has 0 atom stereocenters. The molecule has 17 heavy (non-hydrogen) atoms. The van der Waals surface area contributed by atoms with Crippen molar-refractivity contribution >= 4 is 10.1 Å². The topological polar surface area (TPSA) is 61.8 Å². The molecule has 1 rings (SSSR count). The molecule has 0 aliphatic carbocycles. The van der Waals surface area contributed by atoms with E-state index in [4.69, 9.17) is 9.47 Å². The molecule has 0 saturated heterocycles. The largest absolute Gasteiger partial charge is 0.490 e. The van der Waals surface area contributed by atoms with Crippen molar-refractivity contribution in [2.24, 2.45) is 0 Å². The van der Waals surface area contributed by atoms with Crippen molar-refractivity contribution in [1.29, 1.82) is 0 Å². The van der Waals surface area contributed by atoms with Crippen molar-refractivity contribution in [2.75, 3.05) is 26.1 Å². The summed E-state index contributed by atoms with van der Waals surface area (Å²) in [6.07, 6.45) is 1.00. The van der Waals surface area contributed by atoms with Crippen molar-refractivity contribution in [3.8, 4) is 11.5 Å². The maximum absolute atomic E-state index is 10.7. The Hall–Kier alpha value is -1.27. The third-order valence-corrected chi connectivity index (χ3v) is 2.38. The van der Waals surface area contributed by atoms with Gasteiger partial charge in [-0.15, -0.1) is 0 Å². The first-order chi connectivity index (χ1) is 8.03. The highest BCUT2D eigenvalue weighted by Gasteiger charge is 2.05. The molecule has 0 bridgehead atoms. The number of hydrogen-bond acceptors (Lipinski definition) is 5. The minimum Gasteiger partial charge on any atom is -0.490 e. The molecule has 0 unspecified atom stereocenters. The molecular formula is C11H16O5S. The van der Waals surface area contributed by atoms with E-state index in [1.54, 1.807) is 12.1 Å². The second-order valence-electron chi connectivity index (χ2n) is 3.25. The van der Waals surface area contributed by atoms with Crippen LogP contribution in [-0.2, 0) is 14.3 Å². The molecule has 0 N–H and O–H groups in total. The first-order valence-electron chi connectivity index (χ1n) is 5.22. The molecule has 0 aliphatic heterocycles. The monoisotopic (exact) mass is 260 g/mol. The summed E-state index contributed by atoms with van der Waals surface area (Å²) in [6, 6.07) is 7.20. The molecule has 0 aliphatic rings. The Morgan fingerprint density at radius 1 is 1.06 bits per heavy atom. The lowest BCUT2D eigenvalue weighted by atomic mass is 10.3. The Morgan fingerprint density at radius 2 is 1.65 bits per heavy atom. The van der Waals surface area contributed by atoms with Crippen LogP contribution in [0.2, 0.25) is 0 Å². The Morgan fingerprint density at radius 3 is 2.18 bits per heavy atom. The molecule has 0 spiro atoms. The van der Waals surface area contributed by atoms with Crippen LogP contribution in [-0.4, -0.2) is 34.5 Å². The van der Waals surface area contributed by atoms with E-state index in [1.165, 1.54) is 0 Å². The summed E-state index contributed by atoms with van der Waals surface area (Å²) >= 11 is 0. The Labute approximate surface area is 101 Å². The first-order valence-corrected chi connectivity index (χ1v) is 7.03. The Bertz CT molecular complexity index is 441. The van der Waals surface area contributed by atoms with Crippen LogP contribution in [0.4, 0.5) is 0 Å². The lowest BCUT2D eigenvalue weighted by Crippen LogP contribution is -2.11. The van der Waals surface area contributed by atoms with E-state index in [9.17, 15) is 8.42 Å². The first kappa shape index (κ1) is 13.8. The average molecular weight is 260 g/mol. The summed E-state index contributed by atoms with van der Waals surface area (Å²) in [5.41, 5.74) is 0. The number of para-hydroxylation sites is 2. The van der Waals surface area contributed by atoms with Crippen LogP contribution in [0, 0.1) is 0 Å². The van der Waals surface area contributed by atoms with Gasteiger partial charge in [0.05, 0.1) is 12.9 Å². The normalized spacial score (nSPS) is 11.2. The van der Waals surface area contributed by atoms with Crippen molar-refractivity contribution in [3.63, 3.8) is 0 Å². The molecule has 96 valence electrons. The van der Waals surface area contributed by atoms with E-state index >= 15 is 0 Å². The van der Waals surface area contributed by atoms with Crippen LogP contribution < -0.4 is 9.47 Å². The van der Waals surface area contributed by atoms with Crippen LogP contribution >= 0.6 is 0 Å². The Balaban J connectivity index is 2.46. The lowest BCUT2D eigenvalue weighted by Gasteiger charge is -2.11. The van der Waals surface area contributed by atoms with Gasteiger partial charge in [-0.2, -0.15) is 8.42 Å². The number of hydrogen-bond donors (Lipinski definition) is 0. The van der Waals surface area contributed by atoms with Crippen molar-refractivity contribution in [1.82, 2.24) is 0 Å². The molecular weight excluding hydrogens is 244 g/mol. The van der Waals surface area contributed by atoms with E-state index in [0.29, 0.717) is 18.1 Å². The van der Waals surface area contributed by atoms with Gasteiger partial charge in [0.15, 0.2) is 11.5 Å². The van der Waals surface area contributed by atoms with Crippen molar-refractivity contribution < 1.29 is 22.1 Å². The van der Waals surface area contributed by atoms with E-state index < -0.39 is 10.1 Å². The number of benzene rings is 1. The summed E-state index contributed by atoms with van der Waals surface area (Å²) in [4.78, 5) is 0. The van der Waals surface area contributed by atoms with Crippen molar-refractivity contribution in [2.45, 2.75) is 6.92 Å². The highest BCUT2D eigenvalue weighted by Crippen LogP contribution is 2.26. The standard InChI is InChI=1S/C11H16O5S/c1-3-14-10-6-4-5-7-11(10)15-8-9-16-17(2,12)13/h4-7H,3,8-9H2,1-2H3. The SMILES string of the molecule is CCOc1ccccc1OCCOS(C)(=O)=O. The molecule has 0 saturated carbocycles. The smallest absolute Gasteiger partial charge is 0.264 e. The van der Waals surface area contributed by atoms with Gasteiger partial charge in [0.25, 0.3) is 10.1 Å². The predicted octanol–water partition coefficient (Wildman–Crippen LogP) is 1.44. The van der Waals surface area contributed by atoms with E-state index in [0.717, 1.165) is 6.26 Å². The minimum absolute atomic E-state index is 0.0146. The second kappa shape index (κ2) is 6.46. The highest BCUT2D eigenvalue weighted by atomic mass is 32.2. The number of rotatable bonds is 7. The second-order valence-corrected chi connectivity index (χ2v) is 4.90. The zero-order valence-corrected chi connectivity index (χ0v) is 10.7. The fourth-order valence-corrected chi connectivity index (χ4v) is 1.55. The summed E-state index contributed by atoms with van der Waals surface area (Å²) in [5, 5.41) is 0. The predicted molar refractivity (Wildman–Crippen MR) is 63.9 cm³/mol. The van der Waals surface area contributed by atoms with Gasteiger partial charge in [-0.1, -0.05) is 12.1 Å². The van der Waals surface area contributed by atoms with Crippen LogP contribution in [0.15, 0.2) is 24.3 Å². The molecule has 1 aromatic rings. The maximum atomic E-state index is 10.7. The van der Waals surface area contributed by atoms with E-state index in [1.807, 2.05) is 19.1 Å². The minimum atomic E-state index is -3.41. The van der Waals surface area contributed by atoms with Gasteiger partial charge in [-0.05, 0) is 19.1 Å². The van der Waals surface area contributed by atoms with Gasteiger partial charge < -0.3 is 9.47 Å². The molecule has 0 fully saturated rings. The number of ether oxygens (including phenoxy) is 2. The summed E-state index contributed by atoms with van der Waals surface area (Å²) in [5.74, 6) is 1.21. The van der Waals surface area contributed by atoms with Gasteiger partial charge >= 0.3 is 0 Å². The van der Waals surface area contributed by atoms with Gasteiger partial charge in [-0.25, -0.2) is 0 Å². The molecule has 0 aromatic heterocycles. The van der Waals surface area contributed by atoms with Crippen LogP contribution in [0.1, 0.15) is 6.92 Å². The van der Waals surface area contributed by atoms with Gasteiger partial charge in [0.2, 0.25) is 0 Å². The summed E-state index contributed by atoms with van der Waals surface area (Å²) in [6.45, 7) is 2.56. The third kappa shape index (κ3) is 5.55. The summed E-state index contributed by atoms with van der Waals surface area (Å²) in [7, 11) is -3.41. The van der Waals surface area contributed by atoms with E-state index in [2.05, 4.69) is 4.18 Å². The third-order valence-electron chi connectivity index (χ3n) is 1.79. The van der Waals surface area contributed by atoms with Crippen molar-refractivity contribution in [3.05, 3.63) is 24.3 Å². The van der Waals surface area contributed by atoms with Crippen LogP contribution in [0.5, 0.6) is 11.5 Å². The maximum Gasteiger partial charge on any atom is 0.264 e. The van der Waals surface area contributed by atoms with Gasteiger partial charge in [0.1, 0.15) is 13.2 Å². The van der Waals surface area contributed by atoms with Gasteiger partial charge in [0, 0.05) is 0 Å². The highest BCUT2D eigenvalue weighted by molar-refractivity contribution is 7.85. The zero-order valence-electron chi connectivity index (χ0n) is 9.88. The lowest BCUT2D eigenvalue weighted by molar-refractivity contribution is 0.213. The fourth-order valence-electron chi connectivity index (χ4n) is 1.18. The molecule has 1 aromatic carbocycles. The molecule has 5 nitrogen and oxygen atoms in total. The van der Waals surface area contributed by atoms with Crippen LogP contribution in [0.25, 0.3) is 0 Å². The molecule has 6 heteroatoms. The average Bonchev–Trinajstić information content (AvgIpc) is 2.25. The van der Waals surface area contributed by atoms with E-state index in [-0.39, 0.29) is 13.2 Å². The summed E-state index contributed by atoms with van der Waals surface area (Å²) < 4.78 is 36.7. The Kier molecular flexibility index (Phi) is 5.24. The quantitative estimate of drug-likeness (QED) is 0.548.